The zero-order valence-corrected chi connectivity index (χ0v) is 18.1. The molecule has 0 fully saturated rings. The highest BCUT2D eigenvalue weighted by Gasteiger charge is 2.16. The molecule has 0 aliphatic heterocycles. The Morgan fingerprint density at radius 2 is 2.00 bits per heavy atom. The number of anilines is 1. The molecule has 0 aromatic heterocycles. The van der Waals surface area contributed by atoms with Gasteiger partial charge in [-0.05, 0) is 45.0 Å². The molecule has 0 saturated carbocycles. The van der Waals surface area contributed by atoms with Crippen LogP contribution in [0.1, 0.15) is 13.8 Å². The van der Waals surface area contributed by atoms with Gasteiger partial charge >= 0.3 is 0 Å². The first-order valence-corrected chi connectivity index (χ1v) is 10.2. The first kappa shape index (κ1) is 24.1. The molecule has 0 aliphatic rings. The number of benzene rings is 1. The Morgan fingerprint density at radius 1 is 1.25 bits per heavy atom. The zero-order chi connectivity index (χ0) is 20.9. The zero-order valence-electron chi connectivity index (χ0n) is 17.3. The number of nitrogens with zero attached hydrogens (tertiary/aromatic N) is 1. The molecule has 0 heterocycles. The van der Waals surface area contributed by atoms with Gasteiger partial charge in [-0.2, -0.15) is 0 Å². The van der Waals surface area contributed by atoms with E-state index >= 15 is 0 Å². The number of methoxy groups -OCH3 is 1. The van der Waals surface area contributed by atoms with E-state index in [2.05, 4.69) is 23.2 Å². The molecular weight excluding hydrogens is 374 g/mol. The molecule has 156 valence electrons. The summed E-state index contributed by atoms with van der Waals surface area (Å²) in [7, 11) is 3.53. The third-order valence-electron chi connectivity index (χ3n) is 4.19. The molecule has 0 spiro atoms. The normalized spacial score (nSPS) is 15.0. The summed E-state index contributed by atoms with van der Waals surface area (Å²) in [5, 5.41) is 3.16. The summed E-state index contributed by atoms with van der Waals surface area (Å²) in [6.45, 7) is 12.8. The molecule has 0 saturated heterocycles. The van der Waals surface area contributed by atoms with E-state index < -0.39 is 0 Å². The van der Waals surface area contributed by atoms with Crippen LogP contribution in [0.3, 0.4) is 0 Å². The summed E-state index contributed by atoms with van der Waals surface area (Å²) in [5.41, 5.74) is 0.913. The number of amides is 1. The third kappa shape index (κ3) is 8.37. The molecule has 4 atom stereocenters. The molecular formula is C21H33N3O3S. The lowest BCUT2D eigenvalue weighted by Crippen LogP contribution is -2.41. The predicted octanol–water partition coefficient (Wildman–Crippen LogP) is 3.34. The molecule has 1 aromatic rings. The van der Waals surface area contributed by atoms with Crippen molar-refractivity contribution in [2.75, 3.05) is 32.0 Å². The number of rotatable bonds is 15. The number of carbonyl (C=O) groups excluding carboxylic acids is 1. The van der Waals surface area contributed by atoms with E-state index in [1.807, 2.05) is 51.2 Å². The number of hydrogen-bond donors (Lipinski definition) is 2. The van der Waals surface area contributed by atoms with Gasteiger partial charge in [-0.25, -0.2) is 0 Å². The van der Waals surface area contributed by atoms with E-state index in [1.54, 1.807) is 18.1 Å². The summed E-state index contributed by atoms with van der Waals surface area (Å²) >= 11 is 1.50. The maximum absolute atomic E-state index is 11.3. The van der Waals surface area contributed by atoms with Gasteiger partial charge in [0.2, 0.25) is 6.41 Å². The maximum atomic E-state index is 11.3. The molecule has 1 amide bonds. The average Bonchev–Trinajstić information content (AvgIpc) is 2.70. The van der Waals surface area contributed by atoms with Crippen LogP contribution in [0.25, 0.3) is 0 Å². The number of likely N-dealkylation sites (N-methyl/N-ethyl adjacent to an activating group) is 1. The Kier molecular flexibility index (Phi) is 11.4. The molecule has 0 bridgehead atoms. The molecule has 4 unspecified atom stereocenters. The van der Waals surface area contributed by atoms with Crippen LogP contribution in [-0.2, 0) is 9.53 Å². The van der Waals surface area contributed by atoms with Crippen molar-refractivity contribution in [2.24, 2.45) is 0 Å². The number of hydrogen-bond acceptors (Lipinski definition) is 6. The van der Waals surface area contributed by atoms with Crippen molar-refractivity contribution in [1.29, 1.82) is 0 Å². The monoisotopic (exact) mass is 407 g/mol. The van der Waals surface area contributed by atoms with E-state index in [9.17, 15) is 4.79 Å². The van der Waals surface area contributed by atoms with Crippen molar-refractivity contribution in [3.05, 3.63) is 49.6 Å². The minimum absolute atomic E-state index is 0.0290. The molecule has 2 N–H and O–H groups in total. The van der Waals surface area contributed by atoms with Gasteiger partial charge in [-0.3, -0.25) is 4.79 Å². The molecule has 1 rings (SSSR count). The third-order valence-corrected chi connectivity index (χ3v) is 5.27. The Morgan fingerprint density at radius 3 is 2.57 bits per heavy atom. The van der Waals surface area contributed by atoms with Crippen molar-refractivity contribution in [3.63, 3.8) is 0 Å². The Hall–Kier alpha value is -1.96. The van der Waals surface area contributed by atoms with Crippen molar-refractivity contribution in [2.45, 2.75) is 37.3 Å². The molecule has 1 aromatic carbocycles. The van der Waals surface area contributed by atoms with Crippen LogP contribution in [0, 0.1) is 0 Å². The minimum atomic E-state index is -0.128. The summed E-state index contributed by atoms with van der Waals surface area (Å²) in [6, 6.07) is 7.95. The fraction of sp³-hybridized carbons (Fsp3) is 0.476. The first-order chi connectivity index (χ1) is 13.5. The molecule has 28 heavy (non-hydrogen) atoms. The van der Waals surface area contributed by atoms with Crippen LogP contribution < -0.4 is 14.8 Å². The van der Waals surface area contributed by atoms with E-state index in [-0.39, 0.29) is 23.5 Å². The summed E-state index contributed by atoms with van der Waals surface area (Å²) in [4.78, 5) is 13.0. The maximum Gasteiger partial charge on any atom is 0.209 e. The van der Waals surface area contributed by atoms with Crippen molar-refractivity contribution < 1.29 is 14.3 Å². The van der Waals surface area contributed by atoms with Gasteiger partial charge in [0.15, 0.2) is 0 Å². The SMILES string of the molecule is C=CC(OC)C(C=C)SNc1cccc(OC(C)CN(C=O)CC(C)NC)c1. The number of nitrogens with one attached hydrogen (secondary N) is 2. The van der Waals surface area contributed by atoms with Crippen LogP contribution in [0.15, 0.2) is 49.6 Å². The highest BCUT2D eigenvalue weighted by atomic mass is 32.2. The Bertz CT molecular complexity index is 614. The van der Waals surface area contributed by atoms with Crippen LogP contribution in [-0.4, -0.2) is 62.1 Å². The van der Waals surface area contributed by atoms with Gasteiger partial charge in [0.05, 0.1) is 17.9 Å². The standard InChI is InChI=1S/C21H33N3O3S/c1-7-20(26-6)21(8-2)28-23-18-10-9-11-19(12-18)27-17(4)14-24(15-25)13-16(3)22-5/h7-12,15-17,20-23H,1-2,13-14H2,3-6H3. The number of ether oxygens (including phenoxy) is 2. The largest absolute Gasteiger partial charge is 0.489 e. The minimum Gasteiger partial charge on any atom is -0.489 e. The van der Waals surface area contributed by atoms with Crippen LogP contribution >= 0.6 is 11.9 Å². The Labute approximate surface area is 173 Å². The van der Waals surface area contributed by atoms with Crippen LogP contribution in [0.2, 0.25) is 0 Å². The van der Waals surface area contributed by atoms with Crippen LogP contribution in [0.4, 0.5) is 5.69 Å². The van der Waals surface area contributed by atoms with E-state index in [0.29, 0.717) is 13.1 Å². The van der Waals surface area contributed by atoms with Crippen molar-refractivity contribution in [1.82, 2.24) is 10.2 Å². The van der Waals surface area contributed by atoms with Gasteiger partial charge < -0.3 is 24.4 Å². The fourth-order valence-electron chi connectivity index (χ4n) is 2.59. The summed E-state index contributed by atoms with van der Waals surface area (Å²) in [5.74, 6) is 0.743. The highest BCUT2D eigenvalue weighted by molar-refractivity contribution is 8.01. The van der Waals surface area contributed by atoms with Gasteiger partial charge in [0.1, 0.15) is 11.9 Å². The van der Waals surface area contributed by atoms with E-state index in [0.717, 1.165) is 17.8 Å². The second kappa shape index (κ2) is 13.3. The van der Waals surface area contributed by atoms with Gasteiger partial charge in [0.25, 0.3) is 0 Å². The topological polar surface area (TPSA) is 62.8 Å². The smallest absolute Gasteiger partial charge is 0.209 e. The van der Waals surface area contributed by atoms with E-state index in [1.165, 1.54) is 11.9 Å². The second-order valence-corrected chi connectivity index (χ2v) is 7.55. The lowest BCUT2D eigenvalue weighted by Gasteiger charge is -2.25. The lowest BCUT2D eigenvalue weighted by molar-refractivity contribution is -0.119. The molecule has 7 heteroatoms. The van der Waals surface area contributed by atoms with Crippen molar-refractivity contribution in [3.8, 4) is 5.75 Å². The molecule has 0 radical (unpaired) electrons. The van der Waals surface area contributed by atoms with Crippen molar-refractivity contribution >= 4 is 24.0 Å². The summed E-state index contributed by atoms with van der Waals surface area (Å²) in [6.07, 6.45) is 4.20. The van der Waals surface area contributed by atoms with E-state index in [4.69, 9.17) is 9.47 Å². The Balaban J connectivity index is 2.63. The van der Waals surface area contributed by atoms with Gasteiger partial charge in [0, 0.05) is 31.5 Å². The van der Waals surface area contributed by atoms with Gasteiger partial charge in [-0.15, -0.1) is 13.2 Å². The second-order valence-electron chi connectivity index (χ2n) is 6.56. The molecule has 6 nitrogen and oxygen atoms in total. The number of carbonyl (C=O) groups is 1. The fourth-order valence-corrected chi connectivity index (χ4v) is 3.44. The molecule has 0 aliphatic carbocycles. The summed E-state index contributed by atoms with van der Waals surface area (Å²) < 4.78 is 14.7. The quantitative estimate of drug-likeness (QED) is 0.264. The highest BCUT2D eigenvalue weighted by Crippen LogP contribution is 2.25. The average molecular weight is 408 g/mol. The van der Waals surface area contributed by atoms with Gasteiger partial charge in [-0.1, -0.05) is 18.2 Å². The van der Waals surface area contributed by atoms with Crippen LogP contribution in [0.5, 0.6) is 5.75 Å². The predicted molar refractivity (Wildman–Crippen MR) is 119 cm³/mol. The first-order valence-electron chi connectivity index (χ1n) is 9.30. The lowest BCUT2D eigenvalue weighted by atomic mass is 10.2.